The molecule has 0 unspecified atom stereocenters. The minimum absolute atomic E-state index is 0.0400. The van der Waals surface area contributed by atoms with Crippen LogP contribution in [0.5, 0.6) is 0 Å². The minimum Gasteiger partial charge on any atom is -0.393 e. The van der Waals surface area contributed by atoms with E-state index < -0.39 is 4.92 Å². The first-order valence-corrected chi connectivity index (χ1v) is 6.04. The maximum absolute atomic E-state index is 10.7. The maximum atomic E-state index is 10.7. The van der Waals surface area contributed by atoms with E-state index in [0.29, 0.717) is 18.7 Å². The molecule has 6 heteroatoms. The van der Waals surface area contributed by atoms with Crippen molar-refractivity contribution in [3.63, 3.8) is 0 Å². The molecule has 0 aromatic heterocycles. The predicted octanol–water partition coefficient (Wildman–Crippen LogP) is 2.29. The Kier molecular flexibility index (Phi) is 5.27. The molecular weight excluding hydrogens is 246 g/mol. The second-order valence-electron chi connectivity index (χ2n) is 4.67. The summed E-state index contributed by atoms with van der Waals surface area (Å²) in [6.07, 6.45) is 0.314. The number of rotatable bonds is 6. The summed E-state index contributed by atoms with van der Waals surface area (Å²) in [5.41, 5.74) is 0.517. The predicted molar refractivity (Wildman–Crippen MR) is 71.8 cm³/mol. The summed E-state index contributed by atoms with van der Waals surface area (Å²) < 4.78 is 0. The van der Waals surface area contributed by atoms with Gasteiger partial charge in [0.25, 0.3) is 5.69 Å². The SMILES string of the molecule is C[C@@H](CNc1ccc([N+](=O)[O-])c(C#N)c1)C[C@@H](C)O. The molecule has 6 nitrogen and oxygen atoms in total. The van der Waals surface area contributed by atoms with Crippen LogP contribution in [-0.2, 0) is 0 Å². The van der Waals surface area contributed by atoms with Gasteiger partial charge < -0.3 is 10.4 Å². The molecular formula is C13H17N3O3. The normalized spacial score (nSPS) is 13.4. The third-order valence-corrected chi connectivity index (χ3v) is 2.71. The van der Waals surface area contributed by atoms with Crippen LogP contribution >= 0.6 is 0 Å². The van der Waals surface area contributed by atoms with Crippen molar-refractivity contribution in [2.75, 3.05) is 11.9 Å². The fraction of sp³-hybridized carbons (Fsp3) is 0.462. The van der Waals surface area contributed by atoms with Crippen LogP contribution in [0, 0.1) is 27.4 Å². The van der Waals surface area contributed by atoms with E-state index in [9.17, 15) is 15.2 Å². The third-order valence-electron chi connectivity index (χ3n) is 2.71. The van der Waals surface area contributed by atoms with E-state index in [-0.39, 0.29) is 23.3 Å². The van der Waals surface area contributed by atoms with Gasteiger partial charge in [-0.15, -0.1) is 0 Å². The van der Waals surface area contributed by atoms with Crippen LogP contribution < -0.4 is 5.32 Å². The lowest BCUT2D eigenvalue weighted by Gasteiger charge is -2.15. The molecule has 1 rings (SSSR count). The van der Waals surface area contributed by atoms with Gasteiger partial charge in [0.2, 0.25) is 0 Å². The molecule has 0 saturated heterocycles. The number of hydrogen-bond donors (Lipinski definition) is 2. The Labute approximate surface area is 111 Å². The Balaban J connectivity index is 2.71. The minimum atomic E-state index is -0.571. The molecule has 1 aromatic carbocycles. The third kappa shape index (κ3) is 4.56. The average molecular weight is 263 g/mol. The summed E-state index contributed by atoms with van der Waals surface area (Å²) >= 11 is 0. The summed E-state index contributed by atoms with van der Waals surface area (Å²) in [4.78, 5) is 10.1. The summed E-state index contributed by atoms with van der Waals surface area (Å²) in [5, 5.41) is 31.9. The number of nitro benzene ring substituents is 1. The molecule has 102 valence electrons. The smallest absolute Gasteiger partial charge is 0.287 e. The first-order chi connectivity index (χ1) is 8.93. The lowest BCUT2D eigenvalue weighted by atomic mass is 10.0. The molecule has 0 aliphatic carbocycles. The quantitative estimate of drug-likeness (QED) is 0.606. The molecule has 0 amide bonds. The molecule has 0 spiro atoms. The standard InChI is InChI=1S/C13H17N3O3/c1-9(5-10(2)17)8-15-12-3-4-13(16(18)19)11(6-12)7-14/h3-4,6,9-10,15,17H,5,8H2,1-2H3/t9-,10-/m1/s1. The van der Waals surface area contributed by atoms with E-state index in [0.717, 1.165) is 0 Å². The molecule has 19 heavy (non-hydrogen) atoms. The van der Waals surface area contributed by atoms with Gasteiger partial charge in [0.1, 0.15) is 11.6 Å². The number of nitrogens with one attached hydrogen (secondary N) is 1. The van der Waals surface area contributed by atoms with Crippen molar-refractivity contribution in [2.24, 2.45) is 5.92 Å². The van der Waals surface area contributed by atoms with Gasteiger partial charge in [0.05, 0.1) is 11.0 Å². The first kappa shape index (κ1) is 14.9. The second kappa shape index (κ2) is 6.71. The van der Waals surface area contributed by atoms with Gasteiger partial charge in [0.15, 0.2) is 0 Å². The number of anilines is 1. The van der Waals surface area contributed by atoms with Crippen LogP contribution in [0.1, 0.15) is 25.8 Å². The van der Waals surface area contributed by atoms with Crippen LogP contribution in [0.3, 0.4) is 0 Å². The monoisotopic (exact) mass is 263 g/mol. The summed E-state index contributed by atoms with van der Waals surface area (Å²) in [6.45, 7) is 4.36. The number of benzene rings is 1. The second-order valence-corrected chi connectivity index (χ2v) is 4.67. The Morgan fingerprint density at radius 1 is 1.53 bits per heavy atom. The van der Waals surface area contributed by atoms with Crippen molar-refractivity contribution in [3.8, 4) is 6.07 Å². The molecule has 0 radical (unpaired) electrons. The molecule has 0 bridgehead atoms. The number of nitrogens with zero attached hydrogens (tertiary/aromatic N) is 2. The maximum Gasteiger partial charge on any atom is 0.287 e. The van der Waals surface area contributed by atoms with Crippen molar-refractivity contribution < 1.29 is 10.0 Å². The Morgan fingerprint density at radius 2 is 2.21 bits per heavy atom. The molecule has 2 atom stereocenters. The molecule has 2 N–H and O–H groups in total. The highest BCUT2D eigenvalue weighted by Crippen LogP contribution is 2.22. The topological polar surface area (TPSA) is 99.2 Å². The Morgan fingerprint density at radius 3 is 2.74 bits per heavy atom. The van der Waals surface area contributed by atoms with Crippen molar-refractivity contribution in [2.45, 2.75) is 26.4 Å². The van der Waals surface area contributed by atoms with Gasteiger partial charge in [-0.25, -0.2) is 0 Å². The van der Waals surface area contributed by atoms with Crippen LogP contribution in [0.2, 0.25) is 0 Å². The van der Waals surface area contributed by atoms with Crippen molar-refractivity contribution in [1.29, 1.82) is 5.26 Å². The zero-order chi connectivity index (χ0) is 14.4. The Hall–Kier alpha value is -2.13. The van der Waals surface area contributed by atoms with E-state index in [1.165, 1.54) is 12.1 Å². The molecule has 0 saturated carbocycles. The van der Waals surface area contributed by atoms with Gasteiger partial charge in [-0.3, -0.25) is 10.1 Å². The molecule has 0 aliphatic heterocycles. The fourth-order valence-electron chi connectivity index (χ4n) is 1.85. The van der Waals surface area contributed by atoms with E-state index in [4.69, 9.17) is 5.26 Å². The largest absolute Gasteiger partial charge is 0.393 e. The van der Waals surface area contributed by atoms with Gasteiger partial charge in [-0.1, -0.05) is 6.92 Å². The highest BCUT2D eigenvalue weighted by molar-refractivity contribution is 5.58. The average Bonchev–Trinajstić information content (AvgIpc) is 2.34. The van der Waals surface area contributed by atoms with Crippen LogP contribution in [0.15, 0.2) is 18.2 Å². The van der Waals surface area contributed by atoms with Gasteiger partial charge in [-0.2, -0.15) is 5.26 Å². The van der Waals surface area contributed by atoms with Gasteiger partial charge in [0, 0.05) is 18.3 Å². The van der Waals surface area contributed by atoms with Gasteiger partial charge >= 0.3 is 0 Å². The lowest BCUT2D eigenvalue weighted by Crippen LogP contribution is -2.16. The molecule has 0 fully saturated rings. The molecule has 0 aliphatic rings. The summed E-state index contributed by atoms with van der Waals surface area (Å²) in [7, 11) is 0. The van der Waals surface area contributed by atoms with Crippen molar-refractivity contribution >= 4 is 11.4 Å². The Bertz CT molecular complexity index is 494. The zero-order valence-corrected chi connectivity index (χ0v) is 11.0. The number of aliphatic hydroxyl groups is 1. The van der Waals surface area contributed by atoms with Crippen molar-refractivity contribution in [3.05, 3.63) is 33.9 Å². The van der Waals surface area contributed by atoms with Crippen molar-refractivity contribution in [1.82, 2.24) is 0 Å². The first-order valence-electron chi connectivity index (χ1n) is 6.04. The fourth-order valence-corrected chi connectivity index (χ4v) is 1.85. The zero-order valence-electron chi connectivity index (χ0n) is 11.0. The van der Waals surface area contributed by atoms with E-state index in [1.54, 1.807) is 13.0 Å². The number of hydrogen-bond acceptors (Lipinski definition) is 5. The van der Waals surface area contributed by atoms with Crippen LogP contribution in [-0.4, -0.2) is 22.7 Å². The van der Waals surface area contributed by atoms with Crippen LogP contribution in [0.25, 0.3) is 0 Å². The number of aliphatic hydroxyl groups excluding tert-OH is 1. The van der Waals surface area contributed by atoms with E-state index in [2.05, 4.69) is 5.32 Å². The number of nitriles is 1. The van der Waals surface area contributed by atoms with E-state index in [1.807, 2.05) is 13.0 Å². The van der Waals surface area contributed by atoms with Gasteiger partial charge in [-0.05, 0) is 31.4 Å². The lowest BCUT2D eigenvalue weighted by molar-refractivity contribution is -0.385. The van der Waals surface area contributed by atoms with Crippen LogP contribution in [0.4, 0.5) is 11.4 Å². The number of nitro groups is 1. The summed E-state index contributed by atoms with van der Waals surface area (Å²) in [6, 6.07) is 6.18. The molecule has 1 aromatic rings. The highest BCUT2D eigenvalue weighted by Gasteiger charge is 2.14. The van der Waals surface area contributed by atoms with E-state index >= 15 is 0 Å². The summed E-state index contributed by atoms with van der Waals surface area (Å²) in [5.74, 6) is 0.265. The molecule has 0 heterocycles. The highest BCUT2D eigenvalue weighted by atomic mass is 16.6.